The number of rotatable bonds is 4. The van der Waals surface area contributed by atoms with Crippen LogP contribution < -0.4 is 4.74 Å². The van der Waals surface area contributed by atoms with Gasteiger partial charge in [-0.1, -0.05) is 0 Å². The Balaban J connectivity index is 2.04. The molecule has 1 aliphatic heterocycles. The third-order valence-corrected chi connectivity index (χ3v) is 4.18. The first-order valence-corrected chi connectivity index (χ1v) is 7.71. The minimum Gasteiger partial charge on any atom is -0.488 e. The molecule has 1 aromatic rings. The summed E-state index contributed by atoms with van der Waals surface area (Å²) >= 11 is 6.67. The van der Waals surface area contributed by atoms with E-state index in [1.807, 2.05) is 7.05 Å². The van der Waals surface area contributed by atoms with Crippen LogP contribution in [0.4, 0.5) is 0 Å². The van der Waals surface area contributed by atoms with Crippen LogP contribution in [0.25, 0.3) is 0 Å². The predicted octanol–water partition coefficient (Wildman–Crippen LogP) is 2.62. The quantitative estimate of drug-likeness (QED) is 0.829. The summed E-state index contributed by atoms with van der Waals surface area (Å²) in [5.41, 5.74) is 0.199. The van der Waals surface area contributed by atoms with Gasteiger partial charge in [0.25, 0.3) is 0 Å². The van der Waals surface area contributed by atoms with Crippen LogP contribution in [-0.4, -0.2) is 55.4 Å². The molecule has 0 saturated carbocycles. The van der Waals surface area contributed by atoms with Gasteiger partial charge in [0.2, 0.25) is 0 Å². The number of carbonyl (C=O) groups is 1. The highest BCUT2D eigenvalue weighted by Gasteiger charge is 2.20. The Kier molecular flexibility index (Phi) is 5.42. The molecule has 110 valence electrons. The topological polar surface area (TPSA) is 59.0 Å². The van der Waals surface area contributed by atoms with Crippen molar-refractivity contribution in [3.63, 3.8) is 0 Å². The van der Waals surface area contributed by atoms with Gasteiger partial charge in [0, 0.05) is 13.1 Å². The van der Waals surface area contributed by atoms with Gasteiger partial charge in [0.1, 0.15) is 18.5 Å². The maximum Gasteiger partial charge on any atom is 0.335 e. The molecular weight excluding hydrogens is 394 g/mol. The van der Waals surface area contributed by atoms with Gasteiger partial charge >= 0.3 is 5.97 Å². The number of carboxylic acid groups (broad SMARTS) is 1. The standard InChI is InChI=1S/C13H15Br2NO4/c1-16-2-3-19-9(6-16)7-20-12-10(14)4-8(13(17)18)5-11(12)15/h4-5,9H,2-3,6-7H2,1H3,(H,17,18). The van der Waals surface area contributed by atoms with Crippen molar-refractivity contribution in [2.75, 3.05) is 33.4 Å². The molecule has 0 radical (unpaired) electrons. The number of halogens is 2. The summed E-state index contributed by atoms with van der Waals surface area (Å²) in [4.78, 5) is 13.1. The van der Waals surface area contributed by atoms with Crippen molar-refractivity contribution in [1.29, 1.82) is 0 Å². The molecule has 20 heavy (non-hydrogen) atoms. The molecule has 5 nitrogen and oxygen atoms in total. The number of morpholine rings is 1. The number of ether oxygens (including phenoxy) is 2. The first-order chi connectivity index (χ1) is 9.47. The molecule has 1 N–H and O–H groups in total. The Morgan fingerprint density at radius 1 is 1.50 bits per heavy atom. The zero-order valence-corrected chi connectivity index (χ0v) is 14.1. The third-order valence-electron chi connectivity index (χ3n) is 3.00. The number of hydrogen-bond acceptors (Lipinski definition) is 4. The molecule has 0 bridgehead atoms. The molecule has 1 aliphatic rings. The molecule has 1 atom stereocenters. The fourth-order valence-corrected chi connectivity index (χ4v) is 3.38. The summed E-state index contributed by atoms with van der Waals surface area (Å²) in [7, 11) is 2.04. The fourth-order valence-electron chi connectivity index (χ4n) is 1.97. The Labute approximate surface area is 134 Å². The maximum absolute atomic E-state index is 10.9. The number of benzene rings is 1. The van der Waals surface area contributed by atoms with Gasteiger partial charge in [-0.25, -0.2) is 4.79 Å². The fraction of sp³-hybridized carbons (Fsp3) is 0.462. The number of hydrogen-bond donors (Lipinski definition) is 1. The smallest absolute Gasteiger partial charge is 0.335 e. The highest BCUT2D eigenvalue weighted by Crippen LogP contribution is 2.35. The lowest BCUT2D eigenvalue weighted by Gasteiger charge is -2.30. The molecule has 0 amide bonds. The first-order valence-electron chi connectivity index (χ1n) is 6.12. The summed E-state index contributed by atoms with van der Waals surface area (Å²) in [6.45, 7) is 2.87. The van der Waals surface area contributed by atoms with Gasteiger partial charge in [-0.3, -0.25) is 0 Å². The van der Waals surface area contributed by atoms with Gasteiger partial charge in [0.15, 0.2) is 0 Å². The van der Waals surface area contributed by atoms with Gasteiger partial charge < -0.3 is 19.5 Å². The average Bonchev–Trinajstić information content (AvgIpc) is 2.37. The number of carboxylic acids is 1. The molecule has 1 fully saturated rings. The van der Waals surface area contributed by atoms with Crippen LogP contribution in [0.2, 0.25) is 0 Å². The number of likely N-dealkylation sites (N-methyl/N-ethyl adjacent to an activating group) is 1. The van der Waals surface area contributed by atoms with Crippen LogP contribution in [0.5, 0.6) is 5.75 Å². The minimum absolute atomic E-state index is 0.0201. The average molecular weight is 409 g/mol. The van der Waals surface area contributed by atoms with E-state index in [-0.39, 0.29) is 11.7 Å². The second kappa shape index (κ2) is 6.89. The van der Waals surface area contributed by atoms with Crippen molar-refractivity contribution in [3.05, 3.63) is 26.6 Å². The van der Waals surface area contributed by atoms with E-state index >= 15 is 0 Å². The van der Waals surface area contributed by atoms with E-state index in [1.165, 1.54) is 12.1 Å². The number of aromatic carboxylic acids is 1. The van der Waals surface area contributed by atoms with E-state index in [1.54, 1.807) is 0 Å². The third kappa shape index (κ3) is 3.94. The molecule has 1 saturated heterocycles. The van der Waals surface area contributed by atoms with Crippen LogP contribution in [-0.2, 0) is 4.74 Å². The molecular formula is C13H15Br2NO4. The Morgan fingerprint density at radius 3 is 2.70 bits per heavy atom. The van der Waals surface area contributed by atoms with Crippen molar-refractivity contribution in [3.8, 4) is 5.75 Å². The molecule has 0 aromatic heterocycles. The Bertz CT molecular complexity index is 486. The van der Waals surface area contributed by atoms with E-state index in [0.717, 1.165) is 13.1 Å². The SMILES string of the molecule is CN1CCOC(COc2c(Br)cc(C(=O)O)cc2Br)C1. The maximum atomic E-state index is 10.9. The summed E-state index contributed by atoms with van der Waals surface area (Å²) in [5, 5.41) is 8.98. The Hall–Kier alpha value is -0.630. The second-order valence-electron chi connectivity index (χ2n) is 4.64. The van der Waals surface area contributed by atoms with Gasteiger partial charge in [-0.15, -0.1) is 0 Å². The lowest BCUT2D eigenvalue weighted by atomic mass is 10.2. The lowest BCUT2D eigenvalue weighted by molar-refractivity contribution is -0.0405. The molecule has 1 aromatic carbocycles. The molecule has 2 rings (SSSR count). The predicted molar refractivity (Wildman–Crippen MR) is 81.5 cm³/mol. The Morgan fingerprint density at radius 2 is 2.15 bits per heavy atom. The first kappa shape index (κ1) is 15.8. The van der Waals surface area contributed by atoms with Gasteiger partial charge in [-0.2, -0.15) is 0 Å². The largest absolute Gasteiger partial charge is 0.488 e. The summed E-state index contributed by atoms with van der Waals surface area (Å²) in [5.74, 6) is -0.387. The molecule has 0 spiro atoms. The zero-order chi connectivity index (χ0) is 14.7. The monoisotopic (exact) mass is 407 g/mol. The van der Waals surface area contributed by atoms with E-state index in [0.29, 0.717) is 27.9 Å². The zero-order valence-electron chi connectivity index (χ0n) is 10.9. The van der Waals surface area contributed by atoms with Gasteiger partial charge in [-0.05, 0) is 51.0 Å². The van der Waals surface area contributed by atoms with Crippen LogP contribution in [0.15, 0.2) is 21.1 Å². The second-order valence-corrected chi connectivity index (χ2v) is 6.35. The summed E-state index contributed by atoms with van der Waals surface area (Å²) in [6.07, 6.45) is 0.0201. The van der Waals surface area contributed by atoms with Gasteiger partial charge in [0.05, 0.1) is 21.1 Å². The van der Waals surface area contributed by atoms with Crippen molar-refractivity contribution in [2.45, 2.75) is 6.10 Å². The van der Waals surface area contributed by atoms with Crippen molar-refractivity contribution < 1.29 is 19.4 Å². The van der Waals surface area contributed by atoms with Crippen molar-refractivity contribution in [2.24, 2.45) is 0 Å². The normalized spacial score (nSPS) is 19.9. The van der Waals surface area contributed by atoms with Crippen molar-refractivity contribution >= 4 is 37.8 Å². The highest BCUT2D eigenvalue weighted by molar-refractivity contribution is 9.11. The molecule has 1 heterocycles. The summed E-state index contributed by atoms with van der Waals surface area (Å²) in [6, 6.07) is 3.05. The van der Waals surface area contributed by atoms with Crippen LogP contribution in [0.1, 0.15) is 10.4 Å². The van der Waals surface area contributed by atoms with E-state index < -0.39 is 5.97 Å². The van der Waals surface area contributed by atoms with Crippen molar-refractivity contribution in [1.82, 2.24) is 4.90 Å². The molecule has 1 unspecified atom stereocenters. The van der Waals surface area contributed by atoms with E-state index in [4.69, 9.17) is 14.6 Å². The lowest BCUT2D eigenvalue weighted by Crippen LogP contribution is -2.42. The van der Waals surface area contributed by atoms with Crippen LogP contribution in [0, 0.1) is 0 Å². The minimum atomic E-state index is -0.977. The highest BCUT2D eigenvalue weighted by atomic mass is 79.9. The van der Waals surface area contributed by atoms with Crippen LogP contribution in [0.3, 0.4) is 0 Å². The van der Waals surface area contributed by atoms with Crippen LogP contribution >= 0.6 is 31.9 Å². The summed E-state index contributed by atoms with van der Waals surface area (Å²) < 4.78 is 12.6. The number of nitrogens with zero attached hydrogens (tertiary/aromatic N) is 1. The van der Waals surface area contributed by atoms with E-state index in [9.17, 15) is 4.79 Å². The molecule has 0 aliphatic carbocycles. The van der Waals surface area contributed by atoms with E-state index in [2.05, 4.69) is 36.8 Å². The molecule has 7 heteroatoms.